The molecule has 20 heavy (non-hydrogen) atoms. The maximum absolute atomic E-state index is 12.7. The molecule has 2 aromatic rings. The van der Waals surface area contributed by atoms with Gasteiger partial charge in [-0.15, -0.1) is 0 Å². The molecular weight excluding hydrogens is 287 g/mol. The largest absolute Gasteiger partial charge is 0.416 e. The van der Waals surface area contributed by atoms with E-state index in [0.717, 1.165) is 17.8 Å². The molecule has 0 radical (unpaired) electrons. The fourth-order valence-electron chi connectivity index (χ4n) is 1.87. The summed E-state index contributed by atoms with van der Waals surface area (Å²) >= 11 is 6.02. The van der Waals surface area contributed by atoms with Crippen LogP contribution < -0.4 is 4.90 Å². The number of halogens is 4. The summed E-state index contributed by atoms with van der Waals surface area (Å²) in [4.78, 5) is 1.85. The van der Waals surface area contributed by atoms with Crippen molar-refractivity contribution in [3.8, 4) is 11.1 Å². The summed E-state index contributed by atoms with van der Waals surface area (Å²) in [6.07, 6.45) is -4.35. The molecule has 0 aliphatic rings. The Balaban J connectivity index is 2.51. The Kier molecular flexibility index (Phi) is 3.95. The molecule has 0 atom stereocenters. The smallest absolute Gasteiger partial charge is 0.378 e. The number of hydrogen-bond donors (Lipinski definition) is 0. The van der Waals surface area contributed by atoms with Crippen molar-refractivity contribution in [2.24, 2.45) is 0 Å². The molecule has 0 aromatic heterocycles. The second-order valence-corrected chi connectivity index (χ2v) is 5.11. The summed E-state index contributed by atoms with van der Waals surface area (Å²) < 4.78 is 38.2. The average molecular weight is 300 g/mol. The first-order valence-corrected chi connectivity index (χ1v) is 6.31. The number of rotatable bonds is 2. The Morgan fingerprint density at radius 2 is 1.65 bits per heavy atom. The summed E-state index contributed by atoms with van der Waals surface area (Å²) in [5, 5.41) is 0.489. The van der Waals surface area contributed by atoms with Gasteiger partial charge in [-0.3, -0.25) is 0 Å². The van der Waals surface area contributed by atoms with Crippen molar-refractivity contribution in [3.63, 3.8) is 0 Å². The van der Waals surface area contributed by atoms with Crippen LogP contribution in [0.4, 0.5) is 18.9 Å². The SMILES string of the molecule is CN(C)c1cc(Cl)cc(-c2cccc(C(F)(F)F)c2)c1. The van der Waals surface area contributed by atoms with Gasteiger partial charge in [0.1, 0.15) is 0 Å². The van der Waals surface area contributed by atoms with Crippen molar-refractivity contribution in [2.75, 3.05) is 19.0 Å². The summed E-state index contributed by atoms with van der Waals surface area (Å²) in [6.45, 7) is 0. The second-order valence-electron chi connectivity index (χ2n) is 4.67. The van der Waals surface area contributed by atoms with Crippen LogP contribution in [0.3, 0.4) is 0 Å². The van der Waals surface area contributed by atoms with E-state index in [1.807, 2.05) is 19.0 Å². The van der Waals surface area contributed by atoms with Gasteiger partial charge in [0, 0.05) is 24.8 Å². The van der Waals surface area contributed by atoms with Crippen LogP contribution in [-0.2, 0) is 6.18 Å². The van der Waals surface area contributed by atoms with Gasteiger partial charge < -0.3 is 4.90 Å². The van der Waals surface area contributed by atoms with Crippen LogP contribution in [0.2, 0.25) is 5.02 Å². The maximum atomic E-state index is 12.7. The van der Waals surface area contributed by atoms with Gasteiger partial charge >= 0.3 is 6.18 Å². The highest BCUT2D eigenvalue weighted by Gasteiger charge is 2.30. The van der Waals surface area contributed by atoms with E-state index in [9.17, 15) is 13.2 Å². The van der Waals surface area contributed by atoms with E-state index in [2.05, 4.69) is 0 Å². The molecule has 0 aliphatic carbocycles. The quantitative estimate of drug-likeness (QED) is 0.746. The van der Waals surface area contributed by atoms with Crippen LogP contribution in [0.1, 0.15) is 5.56 Å². The standard InChI is InChI=1S/C15H13ClF3N/c1-20(2)14-8-11(7-13(16)9-14)10-4-3-5-12(6-10)15(17,18)19/h3-9H,1-2H3. The normalized spacial score (nSPS) is 11.5. The zero-order chi connectivity index (χ0) is 14.9. The molecule has 2 aromatic carbocycles. The van der Waals surface area contributed by atoms with Crippen molar-refractivity contribution >= 4 is 17.3 Å². The highest BCUT2D eigenvalue weighted by atomic mass is 35.5. The van der Waals surface area contributed by atoms with E-state index < -0.39 is 11.7 Å². The van der Waals surface area contributed by atoms with E-state index in [1.165, 1.54) is 6.07 Å². The van der Waals surface area contributed by atoms with Gasteiger partial charge in [0.15, 0.2) is 0 Å². The average Bonchev–Trinajstić information content (AvgIpc) is 2.37. The van der Waals surface area contributed by atoms with Gasteiger partial charge in [-0.25, -0.2) is 0 Å². The molecule has 0 amide bonds. The summed E-state index contributed by atoms with van der Waals surface area (Å²) in [5.41, 5.74) is 1.32. The van der Waals surface area contributed by atoms with Crippen molar-refractivity contribution in [1.82, 2.24) is 0 Å². The lowest BCUT2D eigenvalue weighted by molar-refractivity contribution is -0.137. The zero-order valence-corrected chi connectivity index (χ0v) is 11.8. The molecule has 0 N–H and O–H groups in total. The van der Waals surface area contributed by atoms with E-state index in [1.54, 1.807) is 24.3 Å². The molecular formula is C15H13ClF3N. The van der Waals surface area contributed by atoms with E-state index >= 15 is 0 Å². The first kappa shape index (κ1) is 14.7. The molecule has 0 saturated carbocycles. The molecule has 5 heteroatoms. The molecule has 0 spiro atoms. The molecule has 0 unspecified atom stereocenters. The zero-order valence-electron chi connectivity index (χ0n) is 11.0. The van der Waals surface area contributed by atoms with Gasteiger partial charge in [-0.05, 0) is 41.5 Å². The fraction of sp³-hybridized carbons (Fsp3) is 0.200. The minimum absolute atomic E-state index is 0.489. The fourth-order valence-corrected chi connectivity index (χ4v) is 2.10. The Hall–Kier alpha value is -1.68. The Labute approximate surface area is 120 Å². The summed E-state index contributed by atoms with van der Waals surface area (Å²) in [5.74, 6) is 0. The van der Waals surface area contributed by atoms with Crippen LogP contribution in [0.25, 0.3) is 11.1 Å². The molecule has 0 heterocycles. The van der Waals surface area contributed by atoms with Crippen molar-refractivity contribution in [1.29, 1.82) is 0 Å². The first-order valence-electron chi connectivity index (χ1n) is 5.93. The lowest BCUT2D eigenvalue weighted by atomic mass is 10.0. The van der Waals surface area contributed by atoms with E-state index in [0.29, 0.717) is 16.1 Å². The third-order valence-corrected chi connectivity index (χ3v) is 3.14. The number of alkyl halides is 3. The van der Waals surface area contributed by atoms with Crippen LogP contribution in [0.15, 0.2) is 42.5 Å². The van der Waals surface area contributed by atoms with Crippen LogP contribution in [0, 0.1) is 0 Å². The van der Waals surface area contributed by atoms with Gasteiger partial charge in [0.05, 0.1) is 5.56 Å². The predicted octanol–water partition coefficient (Wildman–Crippen LogP) is 5.09. The van der Waals surface area contributed by atoms with Crippen molar-refractivity contribution < 1.29 is 13.2 Å². The minimum Gasteiger partial charge on any atom is -0.378 e. The molecule has 1 nitrogen and oxygen atoms in total. The monoisotopic (exact) mass is 299 g/mol. The topological polar surface area (TPSA) is 3.24 Å². The highest BCUT2D eigenvalue weighted by molar-refractivity contribution is 6.31. The third-order valence-electron chi connectivity index (χ3n) is 2.92. The van der Waals surface area contributed by atoms with Gasteiger partial charge in [-0.2, -0.15) is 13.2 Å². The van der Waals surface area contributed by atoms with Crippen molar-refractivity contribution in [2.45, 2.75) is 6.18 Å². The second kappa shape index (κ2) is 5.37. The summed E-state index contributed by atoms with van der Waals surface area (Å²) in [7, 11) is 3.70. The molecule has 0 aliphatic heterocycles. The first-order chi connectivity index (χ1) is 9.27. The Bertz CT molecular complexity index is 621. The van der Waals surface area contributed by atoms with Crippen LogP contribution in [0.5, 0.6) is 0 Å². The Morgan fingerprint density at radius 3 is 2.25 bits per heavy atom. The lowest BCUT2D eigenvalue weighted by Gasteiger charge is -2.15. The number of nitrogens with zero attached hydrogens (tertiary/aromatic N) is 1. The predicted molar refractivity (Wildman–Crippen MR) is 76.2 cm³/mol. The number of anilines is 1. The van der Waals surface area contributed by atoms with Gasteiger partial charge in [0.2, 0.25) is 0 Å². The van der Waals surface area contributed by atoms with Gasteiger partial charge in [-0.1, -0.05) is 23.7 Å². The minimum atomic E-state index is -4.35. The highest BCUT2D eigenvalue weighted by Crippen LogP contribution is 2.34. The number of benzene rings is 2. The number of hydrogen-bond acceptors (Lipinski definition) is 1. The van der Waals surface area contributed by atoms with Crippen LogP contribution >= 0.6 is 11.6 Å². The van der Waals surface area contributed by atoms with E-state index in [-0.39, 0.29) is 0 Å². The molecule has 0 bridgehead atoms. The molecule has 0 saturated heterocycles. The van der Waals surface area contributed by atoms with Crippen LogP contribution in [-0.4, -0.2) is 14.1 Å². The molecule has 2 rings (SSSR count). The summed E-state index contributed by atoms with van der Waals surface area (Å²) in [6, 6.07) is 10.4. The van der Waals surface area contributed by atoms with Gasteiger partial charge in [0.25, 0.3) is 0 Å². The van der Waals surface area contributed by atoms with E-state index in [4.69, 9.17) is 11.6 Å². The molecule has 0 fully saturated rings. The third kappa shape index (κ3) is 3.25. The maximum Gasteiger partial charge on any atom is 0.416 e. The van der Waals surface area contributed by atoms with Crippen molar-refractivity contribution in [3.05, 3.63) is 53.1 Å². The Morgan fingerprint density at radius 1 is 0.950 bits per heavy atom. The lowest BCUT2D eigenvalue weighted by Crippen LogP contribution is -2.08. The molecule has 106 valence electrons.